The second-order valence-electron chi connectivity index (χ2n) is 8.32. The van der Waals surface area contributed by atoms with Crippen LogP contribution in [0.3, 0.4) is 0 Å². The van der Waals surface area contributed by atoms with E-state index in [0.29, 0.717) is 30.1 Å². The summed E-state index contributed by atoms with van der Waals surface area (Å²) in [6.07, 6.45) is 5.03. The summed E-state index contributed by atoms with van der Waals surface area (Å²) in [5.74, 6) is 1.89. The molecule has 0 unspecified atom stereocenters. The fourth-order valence-electron chi connectivity index (χ4n) is 4.69. The second-order valence-corrected chi connectivity index (χ2v) is 8.32. The van der Waals surface area contributed by atoms with Gasteiger partial charge in [0.15, 0.2) is 11.5 Å². The Bertz CT molecular complexity index is 1330. The second kappa shape index (κ2) is 7.91. The first-order valence-corrected chi connectivity index (χ1v) is 11.0. The smallest absolute Gasteiger partial charge is 0.244 e. The zero-order chi connectivity index (χ0) is 22.4. The monoisotopic (exact) mass is 447 g/mol. The zero-order valence-corrected chi connectivity index (χ0v) is 17.9. The molecule has 33 heavy (non-hydrogen) atoms. The molecule has 2 aromatic carbocycles. The molecule has 0 N–H and O–H groups in total. The first-order chi connectivity index (χ1) is 16.2. The van der Waals surface area contributed by atoms with Crippen molar-refractivity contribution in [2.45, 2.75) is 25.4 Å². The number of imidazole rings is 1. The molecule has 2 aromatic heterocycles. The van der Waals surface area contributed by atoms with Crippen molar-refractivity contribution < 1.29 is 18.7 Å². The number of nitrogens with zero attached hydrogens (tertiary/aromatic N) is 5. The van der Waals surface area contributed by atoms with E-state index >= 15 is 0 Å². The topological polar surface area (TPSA) is 74.4 Å². The molecule has 168 valence electrons. The predicted octanol–water partition coefficient (Wildman–Crippen LogP) is 3.63. The highest BCUT2D eigenvalue weighted by molar-refractivity contribution is 5.81. The maximum Gasteiger partial charge on any atom is 0.244 e. The number of amides is 1. The summed E-state index contributed by atoms with van der Waals surface area (Å²) >= 11 is 0. The van der Waals surface area contributed by atoms with Gasteiger partial charge in [0.1, 0.15) is 18.2 Å². The number of piperidine rings is 1. The standard InChI is InChI=1S/C24H22FN5O3/c25-17-3-4-20-19(13-17)27-24(16-2-5-21-22(12-16)33-15-32-21)30(20)18-6-10-28(11-7-18)23(31)14-29-9-1-8-26-29/h1-5,8-9,12-13,18H,6-7,10-11,14-15H2. The van der Waals surface area contributed by atoms with Gasteiger partial charge in [-0.05, 0) is 49.2 Å². The Morgan fingerprint density at radius 3 is 2.76 bits per heavy atom. The normalized spacial score (nSPS) is 16.0. The lowest BCUT2D eigenvalue weighted by molar-refractivity contribution is -0.133. The van der Waals surface area contributed by atoms with Gasteiger partial charge in [0.25, 0.3) is 0 Å². The van der Waals surface area contributed by atoms with Crippen LogP contribution in [0.4, 0.5) is 4.39 Å². The number of halogens is 1. The van der Waals surface area contributed by atoms with E-state index in [4.69, 9.17) is 14.5 Å². The van der Waals surface area contributed by atoms with Gasteiger partial charge in [-0.15, -0.1) is 0 Å². The Hall–Kier alpha value is -3.88. The third-order valence-corrected chi connectivity index (χ3v) is 6.32. The van der Waals surface area contributed by atoms with E-state index in [1.165, 1.54) is 12.1 Å². The molecular weight excluding hydrogens is 425 g/mol. The number of rotatable bonds is 4. The number of carbonyl (C=O) groups excluding carboxylic acids is 1. The fourth-order valence-corrected chi connectivity index (χ4v) is 4.69. The number of benzene rings is 2. The SMILES string of the molecule is O=C(Cn1cccn1)N1CCC(n2c(-c3ccc4c(c3)OCO4)nc3cc(F)ccc32)CC1. The Kier molecular flexibility index (Phi) is 4.74. The summed E-state index contributed by atoms with van der Waals surface area (Å²) < 4.78 is 28.8. The average molecular weight is 447 g/mol. The molecule has 0 bridgehead atoms. The van der Waals surface area contributed by atoms with E-state index in [9.17, 15) is 9.18 Å². The van der Waals surface area contributed by atoms with Gasteiger partial charge in [-0.1, -0.05) is 0 Å². The highest BCUT2D eigenvalue weighted by Gasteiger charge is 2.28. The van der Waals surface area contributed by atoms with Gasteiger partial charge in [-0.2, -0.15) is 5.10 Å². The van der Waals surface area contributed by atoms with Crippen LogP contribution in [0.25, 0.3) is 22.4 Å². The Morgan fingerprint density at radius 2 is 1.94 bits per heavy atom. The van der Waals surface area contributed by atoms with Crippen molar-refractivity contribution in [3.05, 3.63) is 60.7 Å². The minimum atomic E-state index is -0.316. The maximum atomic E-state index is 14.0. The lowest BCUT2D eigenvalue weighted by Gasteiger charge is -2.33. The van der Waals surface area contributed by atoms with E-state index in [0.717, 1.165) is 29.7 Å². The van der Waals surface area contributed by atoms with Crippen LogP contribution in [0.1, 0.15) is 18.9 Å². The Balaban J connectivity index is 1.30. The number of fused-ring (bicyclic) bond motifs is 2. The van der Waals surface area contributed by atoms with Crippen LogP contribution in [-0.2, 0) is 11.3 Å². The molecule has 4 heterocycles. The summed E-state index contributed by atoms with van der Waals surface area (Å²) in [5.41, 5.74) is 2.37. The highest BCUT2D eigenvalue weighted by Crippen LogP contribution is 2.39. The van der Waals surface area contributed by atoms with E-state index in [2.05, 4.69) is 9.67 Å². The molecule has 0 spiro atoms. The molecule has 0 aliphatic carbocycles. The van der Waals surface area contributed by atoms with Crippen LogP contribution >= 0.6 is 0 Å². The van der Waals surface area contributed by atoms with E-state index in [1.807, 2.05) is 29.2 Å². The minimum absolute atomic E-state index is 0.0608. The fraction of sp³-hybridized carbons (Fsp3) is 0.292. The molecule has 4 aromatic rings. The van der Waals surface area contributed by atoms with Crippen molar-refractivity contribution in [2.24, 2.45) is 0 Å². The number of hydrogen-bond donors (Lipinski definition) is 0. The van der Waals surface area contributed by atoms with Crippen molar-refractivity contribution in [1.29, 1.82) is 0 Å². The van der Waals surface area contributed by atoms with E-state index < -0.39 is 0 Å². The van der Waals surface area contributed by atoms with Crippen LogP contribution in [0, 0.1) is 5.82 Å². The van der Waals surface area contributed by atoms with Crippen LogP contribution in [-0.4, -0.2) is 50.0 Å². The molecule has 8 nitrogen and oxygen atoms in total. The molecule has 1 amide bonds. The minimum Gasteiger partial charge on any atom is -0.454 e. The Labute approximate surface area is 189 Å². The number of hydrogen-bond acceptors (Lipinski definition) is 5. The van der Waals surface area contributed by atoms with Gasteiger partial charge >= 0.3 is 0 Å². The molecule has 0 saturated carbocycles. The van der Waals surface area contributed by atoms with Gasteiger partial charge in [0.05, 0.1) is 11.0 Å². The lowest BCUT2D eigenvalue weighted by atomic mass is 10.0. The van der Waals surface area contributed by atoms with Crippen LogP contribution < -0.4 is 9.47 Å². The summed E-state index contributed by atoms with van der Waals surface area (Å²) in [6.45, 7) is 1.73. The first-order valence-electron chi connectivity index (χ1n) is 11.0. The van der Waals surface area contributed by atoms with Crippen molar-refractivity contribution >= 4 is 16.9 Å². The molecular formula is C24H22FN5O3. The summed E-state index contributed by atoms with van der Waals surface area (Å²) in [4.78, 5) is 19.4. The zero-order valence-electron chi connectivity index (χ0n) is 17.9. The number of ether oxygens (including phenoxy) is 2. The van der Waals surface area contributed by atoms with Gasteiger partial charge in [0, 0.05) is 43.2 Å². The predicted molar refractivity (Wildman–Crippen MR) is 118 cm³/mol. The van der Waals surface area contributed by atoms with Gasteiger partial charge in [-0.3, -0.25) is 9.48 Å². The van der Waals surface area contributed by atoms with Crippen molar-refractivity contribution in [2.75, 3.05) is 19.9 Å². The van der Waals surface area contributed by atoms with E-state index in [-0.39, 0.29) is 31.1 Å². The maximum absolute atomic E-state index is 14.0. The number of likely N-dealkylation sites (tertiary alicyclic amines) is 1. The van der Waals surface area contributed by atoms with Crippen molar-refractivity contribution in [3.8, 4) is 22.9 Å². The van der Waals surface area contributed by atoms with Crippen LogP contribution in [0.2, 0.25) is 0 Å². The van der Waals surface area contributed by atoms with Gasteiger partial charge in [-0.25, -0.2) is 9.37 Å². The molecule has 9 heteroatoms. The lowest BCUT2D eigenvalue weighted by Crippen LogP contribution is -2.40. The Morgan fingerprint density at radius 1 is 1.09 bits per heavy atom. The molecule has 0 radical (unpaired) electrons. The molecule has 2 aliphatic rings. The third kappa shape index (κ3) is 3.59. The summed E-state index contributed by atoms with van der Waals surface area (Å²) in [7, 11) is 0. The van der Waals surface area contributed by atoms with E-state index in [1.54, 1.807) is 23.1 Å². The van der Waals surface area contributed by atoms with Crippen molar-refractivity contribution in [1.82, 2.24) is 24.2 Å². The van der Waals surface area contributed by atoms with Crippen LogP contribution in [0.15, 0.2) is 54.9 Å². The molecule has 2 aliphatic heterocycles. The molecule has 0 atom stereocenters. The third-order valence-electron chi connectivity index (χ3n) is 6.32. The van der Waals surface area contributed by atoms with Gasteiger partial charge in [0.2, 0.25) is 12.7 Å². The molecule has 6 rings (SSSR count). The van der Waals surface area contributed by atoms with Gasteiger partial charge < -0.3 is 18.9 Å². The highest BCUT2D eigenvalue weighted by atomic mass is 19.1. The quantitative estimate of drug-likeness (QED) is 0.478. The number of aromatic nitrogens is 4. The summed E-state index contributed by atoms with van der Waals surface area (Å²) in [5, 5.41) is 4.12. The summed E-state index contributed by atoms with van der Waals surface area (Å²) in [6, 6.07) is 12.4. The molecule has 1 saturated heterocycles. The van der Waals surface area contributed by atoms with Crippen molar-refractivity contribution in [3.63, 3.8) is 0 Å². The largest absolute Gasteiger partial charge is 0.454 e. The van der Waals surface area contributed by atoms with Crippen LogP contribution in [0.5, 0.6) is 11.5 Å². The number of carbonyl (C=O) groups is 1. The average Bonchev–Trinajstić information content (AvgIpc) is 3.58. The first kappa shape index (κ1) is 19.8. The molecule has 1 fully saturated rings.